The number of rotatable bonds is 2. The van der Waals surface area contributed by atoms with Crippen molar-refractivity contribution < 1.29 is 9.59 Å². The average Bonchev–Trinajstić information content (AvgIpc) is 2.46. The van der Waals surface area contributed by atoms with E-state index in [1.165, 1.54) is 31.3 Å². The summed E-state index contributed by atoms with van der Waals surface area (Å²) in [4.78, 5) is 29.9. The molecule has 2 aliphatic heterocycles. The Balaban J connectivity index is 1.65. The van der Waals surface area contributed by atoms with Gasteiger partial charge in [0.25, 0.3) is 0 Å². The molecule has 5 nitrogen and oxygen atoms in total. The molecule has 0 aromatic carbocycles. The highest BCUT2D eigenvalue weighted by Crippen LogP contribution is 2.21. The zero-order chi connectivity index (χ0) is 14.1. The molecule has 2 amide bonds. The lowest BCUT2D eigenvalue weighted by molar-refractivity contribution is -0.158. The molecule has 0 aromatic rings. The molecule has 1 atom stereocenters. The molecule has 2 saturated heterocycles. The second kappa shape index (κ2) is 5.56. The maximum atomic E-state index is 12.2. The van der Waals surface area contributed by atoms with E-state index >= 15 is 0 Å². The molecule has 0 saturated carbocycles. The molecule has 2 heterocycles. The Labute approximate surface area is 120 Å². The monoisotopic (exact) mass is 277 g/mol. The summed E-state index contributed by atoms with van der Waals surface area (Å²) in [6.45, 7) is 3.47. The van der Waals surface area contributed by atoms with Crippen molar-refractivity contribution in [3.8, 4) is 0 Å². The van der Waals surface area contributed by atoms with Crippen LogP contribution in [0.5, 0.6) is 0 Å². The van der Waals surface area contributed by atoms with Gasteiger partial charge >= 0.3 is 0 Å². The van der Waals surface area contributed by atoms with Crippen LogP contribution in [0.3, 0.4) is 0 Å². The molecule has 0 radical (unpaired) electrons. The summed E-state index contributed by atoms with van der Waals surface area (Å²) in [7, 11) is 1.72. The van der Waals surface area contributed by atoms with Gasteiger partial charge in [-0.3, -0.25) is 14.5 Å². The van der Waals surface area contributed by atoms with Crippen LogP contribution in [0.15, 0.2) is 11.6 Å². The van der Waals surface area contributed by atoms with E-state index in [-0.39, 0.29) is 24.4 Å². The van der Waals surface area contributed by atoms with Crippen molar-refractivity contribution >= 4 is 11.8 Å². The summed E-state index contributed by atoms with van der Waals surface area (Å²) >= 11 is 0. The van der Waals surface area contributed by atoms with Gasteiger partial charge in [0.2, 0.25) is 11.8 Å². The normalized spacial score (nSPS) is 28.4. The lowest BCUT2D eigenvalue weighted by atomic mass is 9.98. The van der Waals surface area contributed by atoms with Gasteiger partial charge in [-0.25, -0.2) is 0 Å². The predicted octanol–water partition coefficient (Wildman–Crippen LogP) is 0.472. The highest BCUT2D eigenvalue weighted by Gasteiger charge is 2.41. The Bertz CT molecular complexity index is 446. The van der Waals surface area contributed by atoms with Gasteiger partial charge in [0.05, 0.1) is 6.54 Å². The highest BCUT2D eigenvalue weighted by atomic mass is 16.2. The van der Waals surface area contributed by atoms with E-state index < -0.39 is 0 Å². The van der Waals surface area contributed by atoms with Crippen molar-refractivity contribution in [2.24, 2.45) is 0 Å². The molecule has 0 N–H and O–H groups in total. The number of likely N-dealkylation sites (N-methyl/N-ethyl adjacent to an activating group) is 1. The molecular formula is C15H23N3O2. The molecule has 110 valence electrons. The average molecular weight is 277 g/mol. The molecular weight excluding hydrogens is 254 g/mol. The molecule has 0 aromatic heterocycles. The first-order chi connectivity index (χ1) is 9.65. The zero-order valence-corrected chi connectivity index (χ0v) is 12.2. The van der Waals surface area contributed by atoms with E-state index in [2.05, 4.69) is 11.0 Å². The van der Waals surface area contributed by atoms with Gasteiger partial charge in [0.15, 0.2) is 0 Å². The van der Waals surface area contributed by atoms with E-state index in [0.29, 0.717) is 13.1 Å². The Morgan fingerprint density at radius 1 is 1.25 bits per heavy atom. The summed E-state index contributed by atoms with van der Waals surface area (Å²) in [5.41, 5.74) is 1.51. The van der Waals surface area contributed by atoms with Crippen LogP contribution in [-0.4, -0.2) is 72.3 Å². The van der Waals surface area contributed by atoms with Gasteiger partial charge < -0.3 is 9.80 Å². The minimum absolute atomic E-state index is 0.0897. The van der Waals surface area contributed by atoms with Crippen LogP contribution < -0.4 is 0 Å². The van der Waals surface area contributed by atoms with Crippen molar-refractivity contribution in [3.63, 3.8) is 0 Å². The quantitative estimate of drug-likeness (QED) is 0.689. The minimum Gasteiger partial charge on any atom is -0.335 e. The lowest BCUT2D eigenvalue weighted by Gasteiger charge is -2.45. The van der Waals surface area contributed by atoms with Crippen molar-refractivity contribution in [3.05, 3.63) is 11.6 Å². The van der Waals surface area contributed by atoms with E-state index in [1.54, 1.807) is 16.8 Å². The Morgan fingerprint density at radius 2 is 2.10 bits per heavy atom. The Morgan fingerprint density at radius 3 is 2.85 bits per heavy atom. The summed E-state index contributed by atoms with van der Waals surface area (Å²) in [6.07, 6.45) is 7.33. The van der Waals surface area contributed by atoms with Crippen molar-refractivity contribution in [1.82, 2.24) is 14.7 Å². The van der Waals surface area contributed by atoms with Gasteiger partial charge in [-0.15, -0.1) is 0 Å². The molecule has 0 unspecified atom stereocenters. The summed E-state index contributed by atoms with van der Waals surface area (Å²) in [5.74, 6) is 0.181. The van der Waals surface area contributed by atoms with Crippen molar-refractivity contribution in [2.45, 2.75) is 31.7 Å². The molecule has 0 bridgehead atoms. The van der Waals surface area contributed by atoms with E-state index in [0.717, 1.165) is 13.1 Å². The number of carbonyl (C=O) groups is 2. The first-order valence-electron chi connectivity index (χ1n) is 7.60. The number of allylic oxidation sites excluding steroid dienone is 1. The van der Waals surface area contributed by atoms with Gasteiger partial charge in [-0.05, 0) is 25.7 Å². The molecule has 2 fully saturated rings. The predicted molar refractivity (Wildman–Crippen MR) is 76.1 cm³/mol. The van der Waals surface area contributed by atoms with E-state index in [1.807, 2.05) is 0 Å². The molecule has 5 heteroatoms. The number of carbonyl (C=O) groups excluding carboxylic acids is 2. The standard InChI is InChI=1S/C15H23N3O2/c1-16-11-14(19)18-8-7-17(10-13(18)15(16)20)9-12-5-3-2-4-6-12/h5,13H,2-4,6-11H2,1H3/t13-/m1/s1. The third-order valence-electron chi connectivity index (χ3n) is 4.63. The van der Waals surface area contributed by atoms with Crippen LogP contribution in [0, 0.1) is 0 Å². The second-order valence-corrected chi connectivity index (χ2v) is 6.14. The molecule has 1 aliphatic carbocycles. The van der Waals surface area contributed by atoms with Crippen LogP contribution in [0.25, 0.3) is 0 Å². The minimum atomic E-state index is -0.265. The Hall–Kier alpha value is -1.36. The zero-order valence-electron chi connectivity index (χ0n) is 12.2. The number of piperazine rings is 2. The van der Waals surface area contributed by atoms with Gasteiger partial charge in [-0.2, -0.15) is 0 Å². The number of hydrogen-bond donors (Lipinski definition) is 0. The van der Waals surface area contributed by atoms with Gasteiger partial charge in [0.1, 0.15) is 6.04 Å². The maximum Gasteiger partial charge on any atom is 0.246 e. The second-order valence-electron chi connectivity index (χ2n) is 6.14. The SMILES string of the molecule is CN1CC(=O)N2CCN(CC3=CCCCC3)C[C@@H]2C1=O. The maximum absolute atomic E-state index is 12.2. The highest BCUT2D eigenvalue weighted by molar-refractivity contribution is 5.95. The molecule has 3 rings (SSSR count). The smallest absolute Gasteiger partial charge is 0.246 e. The Kier molecular flexibility index (Phi) is 3.78. The van der Waals surface area contributed by atoms with Crippen LogP contribution in [0.4, 0.5) is 0 Å². The summed E-state index contributed by atoms with van der Waals surface area (Å²) < 4.78 is 0. The lowest BCUT2D eigenvalue weighted by Crippen LogP contribution is -2.66. The first kappa shape index (κ1) is 13.6. The van der Waals surface area contributed by atoms with Crippen LogP contribution in [-0.2, 0) is 9.59 Å². The van der Waals surface area contributed by atoms with Crippen LogP contribution in [0.1, 0.15) is 25.7 Å². The van der Waals surface area contributed by atoms with Crippen molar-refractivity contribution in [1.29, 1.82) is 0 Å². The van der Waals surface area contributed by atoms with Gasteiger partial charge in [0, 0.05) is 33.2 Å². The van der Waals surface area contributed by atoms with Crippen LogP contribution >= 0.6 is 0 Å². The van der Waals surface area contributed by atoms with E-state index in [4.69, 9.17) is 0 Å². The number of hydrogen-bond acceptors (Lipinski definition) is 3. The van der Waals surface area contributed by atoms with Crippen molar-refractivity contribution in [2.75, 3.05) is 39.8 Å². The number of amides is 2. The summed E-state index contributed by atoms with van der Waals surface area (Å²) in [5, 5.41) is 0. The topological polar surface area (TPSA) is 43.9 Å². The third kappa shape index (κ3) is 2.59. The van der Waals surface area contributed by atoms with E-state index in [9.17, 15) is 9.59 Å². The molecule has 20 heavy (non-hydrogen) atoms. The van der Waals surface area contributed by atoms with Crippen LogP contribution in [0.2, 0.25) is 0 Å². The number of nitrogens with zero attached hydrogens (tertiary/aromatic N) is 3. The summed E-state index contributed by atoms with van der Waals surface area (Å²) in [6, 6.07) is -0.265. The molecule has 3 aliphatic rings. The fourth-order valence-corrected chi connectivity index (χ4v) is 3.45. The van der Waals surface area contributed by atoms with Gasteiger partial charge in [-0.1, -0.05) is 11.6 Å². The molecule has 0 spiro atoms. The fourth-order valence-electron chi connectivity index (χ4n) is 3.45. The largest absolute Gasteiger partial charge is 0.335 e. The fraction of sp³-hybridized carbons (Fsp3) is 0.733. The first-order valence-corrected chi connectivity index (χ1v) is 7.60. The third-order valence-corrected chi connectivity index (χ3v) is 4.63. The number of fused-ring (bicyclic) bond motifs is 1.